The molecule has 1 saturated heterocycles. The highest BCUT2D eigenvalue weighted by atomic mass is 32.1. The fourth-order valence-electron chi connectivity index (χ4n) is 2.33. The molecule has 0 bridgehead atoms. The second kappa shape index (κ2) is 5.20. The average Bonchev–Trinajstić information content (AvgIpc) is 3.03. The van der Waals surface area contributed by atoms with Gasteiger partial charge in [-0.25, -0.2) is 0 Å². The van der Waals surface area contributed by atoms with Gasteiger partial charge in [0.2, 0.25) is 0 Å². The number of furan rings is 1. The molecule has 21 heavy (non-hydrogen) atoms. The van der Waals surface area contributed by atoms with Crippen LogP contribution in [0.1, 0.15) is 11.8 Å². The van der Waals surface area contributed by atoms with Crippen molar-refractivity contribution in [1.82, 2.24) is 0 Å². The topological polar surface area (TPSA) is 34.9 Å². The van der Waals surface area contributed by atoms with Crippen molar-refractivity contribution in [1.29, 1.82) is 0 Å². The molecule has 1 atom stereocenters. The first-order chi connectivity index (χ1) is 10.3. The van der Waals surface area contributed by atoms with Crippen molar-refractivity contribution in [3.63, 3.8) is 0 Å². The predicted molar refractivity (Wildman–Crippen MR) is 84.1 cm³/mol. The van der Waals surface area contributed by atoms with Crippen LogP contribution in [0.4, 0.5) is 0 Å². The average molecular weight is 300 g/mol. The Morgan fingerprint density at radius 2 is 2.19 bits per heavy atom. The maximum atomic E-state index is 5.97. The normalized spacial score (nSPS) is 17.3. The van der Waals surface area contributed by atoms with Crippen LogP contribution in [0.25, 0.3) is 21.6 Å². The van der Waals surface area contributed by atoms with Crippen LogP contribution in [0.2, 0.25) is 0 Å². The molecule has 0 amide bonds. The van der Waals surface area contributed by atoms with Gasteiger partial charge in [-0.05, 0) is 36.8 Å². The smallest absolute Gasteiger partial charge is 0.145 e. The fourth-order valence-corrected chi connectivity index (χ4v) is 3.23. The van der Waals surface area contributed by atoms with Gasteiger partial charge in [-0.1, -0.05) is 13.0 Å². The van der Waals surface area contributed by atoms with Gasteiger partial charge in [-0.3, -0.25) is 0 Å². The summed E-state index contributed by atoms with van der Waals surface area (Å²) in [7, 11) is 0. The van der Waals surface area contributed by atoms with Crippen molar-refractivity contribution >= 4 is 22.3 Å². The molecule has 3 aromatic rings. The number of fused-ring (bicyclic) bond motifs is 1. The van der Waals surface area contributed by atoms with Gasteiger partial charge in [0.1, 0.15) is 29.8 Å². The van der Waals surface area contributed by atoms with E-state index in [4.69, 9.17) is 13.9 Å². The second-order valence-electron chi connectivity index (χ2n) is 5.16. The van der Waals surface area contributed by atoms with Gasteiger partial charge < -0.3 is 13.9 Å². The highest BCUT2D eigenvalue weighted by Gasteiger charge is 2.23. The lowest BCUT2D eigenvalue weighted by atomic mass is 10.2. The molecule has 1 aliphatic rings. The maximum absolute atomic E-state index is 5.97. The zero-order chi connectivity index (χ0) is 14.2. The van der Waals surface area contributed by atoms with Crippen LogP contribution in [0, 0.1) is 0 Å². The first-order valence-electron chi connectivity index (χ1n) is 7.19. The Morgan fingerprint density at radius 1 is 1.29 bits per heavy atom. The number of aryl methyl sites for hydroxylation is 1. The van der Waals surface area contributed by atoms with Gasteiger partial charge >= 0.3 is 0 Å². The molecule has 1 aromatic carbocycles. The van der Waals surface area contributed by atoms with E-state index < -0.39 is 0 Å². The molecular formula is C17H16O3S. The molecule has 3 heterocycles. The Hall–Kier alpha value is -1.78. The zero-order valence-corrected chi connectivity index (χ0v) is 12.6. The van der Waals surface area contributed by atoms with Crippen LogP contribution in [-0.2, 0) is 11.2 Å². The molecule has 1 fully saturated rings. The minimum Gasteiger partial charge on any atom is -0.490 e. The molecule has 4 heteroatoms. The van der Waals surface area contributed by atoms with Crippen molar-refractivity contribution in [2.75, 3.05) is 13.2 Å². The van der Waals surface area contributed by atoms with Crippen molar-refractivity contribution in [3.8, 4) is 16.4 Å². The molecule has 2 aromatic heterocycles. The summed E-state index contributed by atoms with van der Waals surface area (Å²) in [5.41, 5.74) is 0.866. The number of hydrogen-bond donors (Lipinski definition) is 0. The first kappa shape index (κ1) is 12.9. The molecule has 3 nitrogen and oxygen atoms in total. The molecule has 0 aliphatic carbocycles. The summed E-state index contributed by atoms with van der Waals surface area (Å²) in [4.78, 5) is 2.53. The maximum Gasteiger partial charge on any atom is 0.145 e. The summed E-state index contributed by atoms with van der Waals surface area (Å²) >= 11 is 1.78. The molecule has 0 N–H and O–H groups in total. The number of rotatable bonds is 5. The highest BCUT2D eigenvalue weighted by Crippen LogP contribution is 2.36. The van der Waals surface area contributed by atoms with Gasteiger partial charge in [0.05, 0.1) is 16.9 Å². The third-order valence-corrected chi connectivity index (χ3v) is 4.85. The highest BCUT2D eigenvalue weighted by molar-refractivity contribution is 7.15. The number of epoxide rings is 1. The standard InChI is InChI=1S/C17H16O3S/c1-2-12-6-7-17(21-12)16-8-13-14(19-10-11-9-18-11)4-3-5-15(13)20-16/h3-8,11H,2,9-10H2,1H3/t11-/m0/s1. The van der Waals surface area contributed by atoms with Gasteiger partial charge in [0, 0.05) is 4.88 Å². The molecular weight excluding hydrogens is 284 g/mol. The summed E-state index contributed by atoms with van der Waals surface area (Å²) < 4.78 is 17.0. The van der Waals surface area contributed by atoms with Crippen LogP contribution in [0.5, 0.6) is 5.75 Å². The quantitative estimate of drug-likeness (QED) is 0.651. The lowest BCUT2D eigenvalue weighted by Gasteiger charge is -2.04. The molecule has 0 unspecified atom stereocenters. The third kappa shape index (κ3) is 2.57. The Morgan fingerprint density at radius 3 is 2.95 bits per heavy atom. The van der Waals surface area contributed by atoms with Gasteiger partial charge in [0.15, 0.2) is 0 Å². The fraction of sp³-hybridized carbons (Fsp3) is 0.294. The van der Waals surface area contributed by atoms with E-state index in [0.29, 0.717) is 6.61 Å². The van der Waals surface area contributed by atoms with Gasteiger partial charge in [-0.2, -0.15) is 0 Å². The van der Waals surface area contributed by atoms with Gasteiger partial charge in [0.25, 0.3) is 0 Å². The van der Waals surface area contributed by atoms with E-state index in [2.05, 4.69) is 25.1 Å². The largest absolute Gasteiger partial charge is 0.490 e. The summed E-state index contributed by atoms with van der Waals surface area (Å²) in [5, 5.41) is 1.03. The number of thiophene rings is 1. The van der Waals surface area contributed by atoms with E-state index in [1.807, 2.05) is 18.2 Å². The Balaban J connectivity index is 1.69. The zero-order valence-electron chi connectivity index (χ0n) is 11.8. The van der Waals surface area contributed by atoms with Crippen molar-refractivity contribution < 1.29 is 13.9 Å². The summed E-state index contributed by atoms with van der Waals surface area (Å²) in [6.45, 7) is 3.58. The van der Waals surface area contributed by atoms with E-state index in [1.54, 1.807) is 11.3 Å². The number of benzene rings is 1. The van der Waals surface area contributed by atoms with E-state index in [0.717, 1.165) is 35.5 Å². The Bertz CT molecular complexity index is 767. The summed E-state index contributed by atoms with van der Waals surface area (Å²) in [6.07, 6.45) is 1.32. The SMILES string of the molecule is CCc1ccc(-c2cc3c(OC[C@@H]4CO4)cccc3o2)s1. The van der Waals surface area contributed by atoms with Crippen molar-refractivity contribution in [2.45, 2.75) is 19.4 Å². The summed E-state index contributed by atoms with van der Waals surface area (Å²) in [6, 6.07) is 12.3. The molecule has 0 radical (unpaired) electrons. The van der Waals surface area contributed by atoms with Crippen LogP contribution >= 0.6 is 11.3 Å². The molecule has 1 aliphatic heterocycles. The molecule has 108 valence electrons. The number of hydrogen-bond acceptors (Lipinski definition) is 4. The molecule has 4 rings (SSSR count). The first-order valence-corrected chi connectivity index (χ1v) is 8.01. The lowest BCUT2D eigenvalue weighted by Crippen LogP contribution is -2.03. The van der Waals surface area contributed by atoms with E-state index in [9.17, 15) is 0 Å². The van der Waals surface area contributed by atoms with Crippen LogP contribution in [-0.4, -0.2) is 19.3 Å². The number of ether oxygens (including phenoxy) is 2. The molecule has 0 spiro atoms. The minimum atomic E-state index is 0.260. The Kier molecular flexibility index (Phi) is 3.20. The lowest BCUT2D eigenvalue weighted by molar-refractivity contribution is 0.265. The molecule has 0 saturated carbocycles. The van der Waals surface area contributed by atoms with Crippen LogP contribution < -0.4 is 4.74 Å². The second-order valence-corrected chi connectivity index (χ2v) is 6.33. The van der Waals surface area contributed by atoms with Gasteiger partial charge in [-0.15, -0.1) is 11.3 Å². The van der Waals surface area contributed by atoms with Crippen LogP contribution in [0.15, 0.2) is 40.8 Å². The van der Waals surface area contributed by atoms with Crippen LogP contribution in [0.3, 0.4) is 0 Å². The predicted octanol–water partition coefficient (Wildman–Crippen LogP) is 4.50. The van der Waals surface area contributed by atoms with Crippen molar-refractivity contribution in [3.05, 3.63) is 41.3 Å². The van der Waals surface area contributed by atoms with Crippen molar-refractivity contribution in [2.24, 2.45) is 0 Å². The third-order valence-electron chi connectivity index (χ3n) is 3.60. The summed E-state index contributed by atoms with van der Waals surface area (Å²) in [5.74, 6) is 1.78. The monoisotopic (exact) mass is 300 g/mol. The van der Waals surface area contributed by atoms with E-state index in [-0.39, 0.29) is 6.10 Å². The van der Waals surface area contributed by atoms with E-state index in [1.165, 1.54) is 9.75 Å². The van der Waals surface area contributed by atoms with E-state index >= 15 is 0 Å². The Labute approximate surface area is 127 Å². The minimum absolute atomic E-state index is 0.260.